The standard InChI is InChI=1S/C16H15F3N2OS/c17-16(18,19)11-3-1-2-10(6-11)13-7-14(13)15(22)20-5-4-12-8-23-9-21-12/h1-3,6,8-9,13-14H,4-5,7H2,(H,20,22)/t13-,14+/m0/s1. The van der Waals surface area contributed by atoms with Crippen LogP contribution in [-0.2, 0) is 17.4 Å². The molecule has 3 rings (SSSR count). The molecule has 122 valence electrons. The summed E-state index contributed by atoms with van der Waals surface area (Å²) in [6.45, 7) is 0.494. The van der Waals surface area contributed by atoms with E-state index in [0.29, 0.717) is 24.9 Å². The van der Waals surface area contributed by atoms with Gasteiger partial charge >= 0.3 is 6.18 Å². The first-order valence-corrected chi connectivity index (χ1v) is 8.21. The normalized spacial score (nSPS) is 20.3. The maximum absolute atomic E-state index is 12.7. The minimum atomic E-state index is -4.35. The quantitative estimate of drug-likeness (QED) is 0.903. The van der Waals surface area contributed by atoms with Crippen molar-refractivity contribution in [1.29, 1.82) is 0 Å². The van der Waals surface area contributed by atoms with E-state index in [0.717, 1.165) is 17.8 Å². The lowest BCUT2D eigenvalue weighted by Gasteiger charge is -2.08. The Morgan fingerprint density at radius 3 is 2.91 bits per heavy atom. The fourth-order valence-corrected chi connectivity index (χ4v) is 3.20. The molecule has 2 atom stereocenters. The molecule has 1 fully saturated rings. The third-order valence-electron chi connectivity index (χ3n) is 3.93. The number of thiazole rings is 1. The minimum Gasteiger partial charge on any atom is -0.355 e. The first-order chi connectivity index (χ1) is 10.9. The van der Waals surface area contributed by atoms with Crippen molar-refractivity contribution in [2.75, 3.05) is 6.54 Å². The van der Waals surface area contributed by atoms with E-state index in [2.05, 4.69) is 10.3 Å². The van der Waals surface area contributed by atoms with E-state index in [1.165, 1.54) is 17.4 Å². The van der Waals surface area contributed by atoms with Gasteiger partial charge in [-0.25, -0.2) is 4.98 Å². The zero-order chi connectivity index (χ0) is 16.4. The van der Waals surface area contributed by atoms with Gasteiger partial charge in [0, 0.05) is 24.3 Å². The summed E-state index contributed by atoms with van der Waals surface area (Å²) < 4.78 is 38.2. The van der Waals surface area contributed by atoms with Gasteiger partial charge in [-0.2, -0.15) is 13.2 Å². The fourth-order valence-electron chi connectivity index (χ4n) is 2.60. The lowest BCUT2D eigenvalue weighted by molar-refractivity contribution is -0.137. The Kier molecular flexibility index (Phi) is 4.39. The van der Waals surface area contributed by atoms with Gasteiger partial charge in [0.05, 0.1) is 16.8 Å². The molecule has 0 saturated heterocycles. The number of nitrogens with one attached hydrogen (secondary N) is 1. The van der Waals surface area contributed by atoms with Crippen LogP contribution in [0.2, 0.25) is 0 Å². The maximum atomic E-state index is 12.7. The summed E-state index contributed by atoms with van der Waals surface area (Å²) in [4.78, 5) is 16.2. The summed E-state index contributed by atoms with van der Waals surface area (Å²) in [5.41, 5.74) is 2.59. The molecule has 1 heterocycles. The summed E-state index contributed by atoms with van der Waals surface area (Å²) in [6, 6.07) is 5.25. The number of aromatic nitrogens is 1. The second-order valence-electron chi connectivity index (χ2n) is 5.59. The van der Waals surface area contributed by atoms with Gasteiger partial charge < -0.3 is 5.32 Å². The van der Waals surface area contributed by atoms with Crippen molar-refractivity contribution in [3.63, 3.8) is 0 Å². The molecule has 23 heavy (non-hydrogen) atoms. The SMILES string of the molecule is O=C(NCCc1cscn1)[C@@H]1C[C@H]1c1cccc(C(F)(F)F)c1. The van der Waals surface area contributed by atoms with Gasteiger partial charge in [-0.05, 0) is 24.0 Å². The van der Waals surface area contributed by atoms with Crippen LogP contribution in [0.3, 0.4) is 0 Å². The molecule has 1 amide bonds. The molecule has 1 saturated carbocycles. The number of benzene rings is 1. The van der Waals surface area contributed by atoms with Crippen LogP contribution >= 0.6 is 11.3 Å². The van der Waals surface area contributed by atoms with Crippen molar-refractivity contribution < 1.29 is 18.0 Å². The first-order valence-electron chi connectivity index (χ1n) is 7.27. The Morgan fingerprint density at radius 2 is 2.22 bits per heavy atom. The van der Waals surface area contributed by atoms with Crippen molar-refractivity contribution >= 4 is 17.2 Å². The van der Waals surface area contributed by atoms with Crippen LogP contribution in [0.15, 0.2) is 35.2 Å². The van der Waals surface area contributed by atoms with Crippen molar-refractivity contribution in [2.24, 2.45) is 5.92 Å². The van der Waals surface area contributed by atoms with E-state index < -0.39 is 11.7 Å². The third kappa shape index (κ3) is 3.90. The van der Waals surface area contributed by atoms with E-state index in [1.54, 1.807) is 11.6 Å². The number of nitrogens with zero attached hydrogens (tertiary/aromatic N) is 1. The third-order valence-corrected chi connectivity index (χ3v) is 4.57. The number of carbonyl (C=O) groups is 1. The topological polar surface area (TPSA) is 42.0 Å². The first kappa shape index (κ1) is 16.0. The van der Waals surface area contributed by atoms with Gasteiger partial charge in [0.15, 0.2) is 0 Å². The van der Waals surface area contributed by atoms with Gasteiger partial charge in [0.2, 0.25) is 5.91 Å². The largest absolute Gasteiger partial charge is 0.416 e. The molecule has 0 radical (unpaired) electrons. The van der Waals surface area contributed by atoms with Crippen molar-refractivity contribution in [1.82, 2.24) is 10.3 Å². The number of hydrogen-bond acceptors (Lipinski definition) is 3. The Balaban J connectivity index is 1.53. The molecular formula is C16H15F3N2OS. The van der Waals surface area contributed by atoms with Gasteiger partial charge in [0.25, 0.3) is 0 Å². The molecule has 0 bridgehead atoms. The van der Waals surface area contributed by atoms with Crippen LogP contribution in [0.25, 0.3) is 0 Å². The average Bonchev–Trinajstić information content (AvgIpc) is 3.16. The Labute approximate surface area is 135 Å². The number of carbonyl (C=O) groups excluding carboxylic acids is 1. The predicted molar refractivity (Wildman–Crippen MR) is 81.1 cm³/mol. The Morgan fingerprint density at radius 1 is 1.39 bits per heavy atom. The maximum Gasteiger partial charge on any atom is 0.416 e. The van der Waals surface area contributed by atoms with E-state index in [4.69, 9.17) is 0 Å². The van der Waals surface area contributed by atoms with E-state index in [1.807, 2.05) is 5.38 Å². The smallest absolute Gasteiger partial charge is 0.355 e. The molecular weight excluding hydrogens is 325 g/mol. The monoisotopic (exact) mass is 340 g/mol. The van der Waals surface area contributed by atoms with E-state index >= 15 is 0 Å². The highest BCUT2D eigenvalue weighted by atomic mass is 32.1. The van der Waals surface area contributed by atoms with Crippen LogP contribution in [0, 0.1) is 5.92 Å². The van der Waals surface area contributed by atoms with Gasteiger partial charge in [-0.15, -0.1) is 11.3 Å². The lowest BCUT2D eigenvalue weighted by atomic mass is 10.1. The molecule has 3 nitrogen and oxygen atoms in total. The number of rotatable bonds is 5. The Bertz CT molecular complexity index is 685. The zero-order valence-electron chi connectivity index (χ0n) is 12.1. The van der Waals surface area contributed by atoms with Gasteiger partial charge in [-0.3, -0.25) is 4.79 Å². The van der Waals surface area contributed by atoms with Crippen molar-refractivity contribution in [3.8, 4) is 0 Å². The second-order valence-corrected chi connectivity index (χ2v) is 6.31. The number of alkyl halides is 3. The van der Waals surface area contributed by atoms with Crippen molar-refractivity contribution in [2.45, 2.75) is 24.9 Å². The molecule has 1 aliphatic rings. The van der Waals surface area contributed by atoms with Crippen LogP contribution in [0.5, 0.6) is 0 Å². The van der Waals surface area contributed by atoms with Crippen LogP contribution in [0.4, 0.5) is 13.2 Å². The molecule has 7 heteroatoms. The molecule has 0 spiro atoms. The highest BCUT2D eigenvalue weighted by Crippen LogP contribution is 2.48. The second kappa shape index (κ2) is 6.31. The summed E-state index contributed by atoms with van der Waals surface area (Å²) in [7, 11) is 0. The lowest BCUT2D eigenvalue weighted by Crippen LogP contribution is -2.27. The average molecular weight is 340 g/mol. The molecule has 0 aliphatic heterocycles. The number of hydrogen-bond donors (Lipinski definition) is 1. The van der Waals surface area contributed by atoms with E-state index in [9.17, 15) is 18.0 Å². The highest BCUT2D eigenvalue weighted by molar-refractivity contribution is 7.07. The minimum absolute atomic E-state index is 0.0948. The summed E-state index contributed by atoms with van der Waals surface area (Å²) in [5, 5.41) is 4.76. The van der Waals surface area contributed by atoms with E-state index in [-0.39, 0.29) is 17.7 Å². The summed E-state index contributed by atoms with van der Waals surface area (Å²) >= 11 is 1.50. The van der Waals surface area contributed by atoms with Crippen LogP contribution in [0.1, 0.15) is 29.2 Å². The fraction of sp³-hybridized carbons (Fsp3) is 0.375. The molecule has 1 N–H and O–H groups in total. The summed E-state index contributed by atoms with van der Waals surface area (Å²) in [6.07, 6.45) is -3.09. The molecule has 1 aromatic carbocycles. The number of halogens is 3. The highest BCUT2D eigenvalue weighted by Gasteiger charge is 2.44. The molecule has 1 aromatic heterocycles. The summed E-state index contributed by atoms with van der Waals surface area (Å²) in [5.74, 6) is -0.437. The zero-order valence-corrected chi connectivity index (χ0v) is 13.0. The number of amides is 1. The van der Waals surface area contributed by atoms with Gasteiger partial charge in [0.1, 0.15) is 0 Å². The predicted octanol–water partition coefficient (Wildman–Crippen LogP) is 3.62. The Hall–Kier alpha value is -1.89. The molecule has 2 aromatic rings. The van der Waals surface area contributed by atoms with Gasteiger partial charge in [-0.1, -0.05) is 18.2 Å². The molecule has 0 unspecified atom stereocenters. The molecule has 1 aliphatic carbocycles. The van der Waals surface area contributed by atoms with Crippen molar-refractivity contribution in [3.05, 3.63) is 52.0 Å². The van der Waals surface area contributed by atoms with Crippen LogP contribution < -0.4 is 5.32 Å². The van der Waals surface area contributed by atoms with Crippen LogP contribution in [-0.4, -0.2) is 17.4 Å².